The van der Waals surface area contributed by atoms with E-state index >= 15 is 0 Å². The van der Waals surface area contributed by atoms with E-state index in [1.54, 1.807) is 6.92 Å². The van der Waals surface area contributed by atoms with Gasteiger partial charge in [-0.15, -0.1) is 11.6 Å². The predicted molar refractivity (Wildman–Crippen MR) is 57.1 cm³/mol. The molecule has 0 aromatic carbocycles. The van der Waals surface area contributed by atoms with Crippen molar-refractivity contribution in [1.29, 1.82) is 0 Å². The SMILES string of the molecule is CCC(CCl)NCCS(=O)(=O)CC. The number of rotatable bonds is 7. The lowest BCUT2D eigenvalue weighted by Gasteiger charge is -2.12. The van der Waals surface area contributed by atoms with Crippen molar-refractivity contribution in [3.05, 3.63) is 0 Å². The summed E-state index contributed by atoms with van der Waals surface area (Å²) in [6.45, 7) is 4.18. The van der Waals surface area contributed by atoms with Crippen LogP contribution in [0, 0.1) is 0 Å². The van der Waals surface area contributed by atoms with Gasteiger partial charge in [0.2, 0.25) is 0 Å². The van der Waals surface area contributed by atoms with Crippen LogP contribution < -0.4 is 5.32 Å². The normalized spacial score (nSPS) is 14.4. The average Bonchev–Trinajstić information content (AvgIpc) is 2.12. The van der Waals surface area contributed by atoms with Gasteiger partial charge in [0.05, 0.1) is 5.75 Å². The van der Waals surface area contributed by atoms with Crippen molar-refractivity contribution in [2.45, 2.75) is 26.3 Å². The molecule has 0 radical (unpaired) electrons. The molecule has 0 aromatic heterocycles. The molecule has 1 atom stereocenters. The first-order chi connectivity index (χ1) is 6.05. The highest BCUT2D eigenvalue weighted by Crippen LogP contribution is 1.94. The molecule has 0 heterocycles. The Hall–Kier alpha value is 0.200. The molecule has 0 saturated carbocycles. The summed E-state index contributed by atoms with van der Waals surface area (Å²) >= 11 is 5.64. The second kappa shape index (κ2) is 6.62. The first-order valence-electron chi connectivity index (χ1n) is 4.55. The van der Waals surface area contributed by atoms with E-state index in [9.17, 15) is 8.42 Å². The number of hydrogen-bond donors (Lipinski definition) is 1. The number of halogens is 1. The van der Waals surface area contributed by atoms with Crippen molar-refractivity contribution in [3.63, 3.8) is 0 Å². The summed E-state index contributed by atoms with van der Waals surface area (Å²) in [5.74, 6) is 0.950. The first-order valence-corrected chi connectivity index (χ1v) is 6.91. The molecule has 1 N–H and O–H groups in total. The van der Waals surface area contributed by atoms with Crippen LogP contribution in [0.25, 0.3) is 0 Å². The average molecular weight is 228 g/mol. The molecule has 0 aliphatic heterocycles. The number of alkyl halides is 1. The third kappa shape index (κ3) is 6.29. The van der Waals surface area contributed by atoms with Crippen LogP contribution in [-0.2, 0) is 9.84 Å². The maximum Gasteiger partial charge on any atom is 0.151 e. The Morgan fingerprint density at radius 3 is 2.38 bits per heavy atom. The summed E-state index contributed by atoms with van der Waals surface area (Å²) in [7, 11) is -2.84. The fourth-order valence-corrected chi connectivity index (χ4v) is 1.92. The van der Waals surface area contributed by atoms with Crippen molar-refractivity contribution in [1.82, 2.24) is 5.32 Å². The van der Waals surface area contributed by atoms with E-state index < -0.39 is 9.84 Å². The van der Waals surface area contributed by atoms with Crippen LogP contribution in [0.15, 0.2) is 0 Å². The van der Waals surface area contributed by atoms with Crippen LogP contribution in [0.1, 0.15) is 20.3 Å². The van der Waals surface area contributed by atoms with Gasteiger partial charge in [0, 0.05) is 24.2 Å². The van der Waals surface area contributed by atoms with Gasteiger partial charge in [0.15, 0.2) is 9.84 Å². The molecule has 0 aliphatic carbocycles. The Labute approximate surface area is 85.8 Å². The number of sulfone groups is 1. The van der Waals surface area contributed by atoms with Crippen molar-refractivity contribution in [3.8, 4) is 0 Å². The minimum absolute atomic E-state index is 0.205. The maximum atomic E-state index is 11.1. The zero-order valence-electron chi connectivity index (χ0n) is 8.22. The Kier molecular flexibility index (Phi) is 6.73. The molecule has 0 bridgehead atoms. The molecule has 0 amide bonds. The van der Waals surface area contributed by atoms with Crippen LogP contribution in [0.5, 0.6) is 0 Å². The van der Waals surface area contributed by atoms with E-state index in [1.165, 1.54) is 0 Å². The summed E-state index contributed by atoms with van der Waals surface area (Å²) in [6.07, 6.45) is 0.926. The second-order valence-electron chi connectivity index (χ2n) is 2.95. The lowest BCUT2D eigenvalue weighted by molar-refractivity contribution is 0.549. The Morgan fingerprint density at radius 2 is 2.00 bits per heavy atom. The number of hydrogen-bond acceptors (Lipinski definition) is 3. The third-order valence-electron chi connectivity index (χ3n) is 1.96. The van der Waals surface area contributed by atoms with Gasteiger partial charge >= 0.3 is 0 Å². The van der Waals surface area contributed by atoms with Crippen LogP contribution in [-0.4, -0.2) is 38.4 Å². The second-order valence-corrected chi connectivity index (χ2v) is 5.73. The molecule has 0 aliphatic rings. The van der Waals surface area contributed by atoms with E-state index in [2.05, 4.69) is 5.32 Å². The Morgan fingerprint density at radius 1 is 1.38 bits per heavy atom. The molecule has 3 nitrogen and oxygen atoms in total. The van der Waals surface area contributed by atoms with Crippen molar-refractivity contribution >= 4 is 21.4 Å². The highest BCUT2D eigenvalue weighted by Gasteiger charge is 2.08. The van der Waals surface area contributed by atoms with E-state index in [4.69, 9.17) is 11.6 Å². The highest BCUT2D eigenvalue weighted by atomic mass is 35.5. The molecule has 0 aromatic rings. The molecule has 1 unspecified atom stereocenters. The minimum Gasteiger partial charge on any atom is -0.312 e. The number of nitrogens with one attached hydrogen (secondary N) is 1. The van der Waals surface area contributed by atoms with Gasteiger partial charge < -0.3 is 5.32 Å². The van der Waals surface area contributed by atoms with Gasteiger partial charge in [-0.3, -0.25) is 0 Å². The van der Waals surface area contributed by atoms with Gasteiger partial charge in [-0.05, 0) is 6.42 Å². The standard InChI is InChI=1S/C8H18ClNO2S/c1-3-8(7-9)10-5-6-13(11,12)4-2/h8,10H,3-7H2,1-2H3. The van der Waals surface area contributed by atoms with Crippen LogP contribution in [0.2, 0.25) is 0 Å². The summed E-state index contributed by atoms with van der Waals surface area (Å²) in [4.78, 5) is 0. The van der Waals surface area contributed by atoms with Gasteiger partial charge in [-0.2, -0.15) is 0 Å². The van der Waals surface area contributed by atoms with Crippen LogP contribution in [0.3, 0.4) is 0 Å². The highest BCUT2D eigenvalue weighted by molar-refractivity contribution is 7.91. The zero-order valence-corrected chi connectivity index (χ0v) is 9.79. The minimum atomic E-state index is -2.84. The quantitative estimate of drug-likeness (QED) is 0.661. The first kappa shape index (κ1) is 13.2. The molecule has 13 heavy (non-hydrogen) atoms. The fraction of sp³-hybridized carbons (Fsp3) is 1.00. The molecular weight excluding hydrogens is 210 g/mol. The molecule has 80 valence electrons. The van der Waals surface area contributed by atoms with E-state index in [0.29, 0.717) is 12.4 Å². The Balaban J connectivity index is 3.67. The fourth-order valence-electron chi connectivity index (χ4n) is 0.871. The lowest BCUT2D eigenvalue weighted by atomic mass is 10.3. The maximum absolute atomic E-state index is 11.1. The van der Waals surface area contributed by atoms with E-state index in [1.807, 2.05) is 6.92 Å². The van der Waals surface area contributed by atoms with Crippen LogP contribution >= 0.6 is 11.6 Å². The lowest BCUT2D eigenvalue weighted by Crippen LogP contribution is -2.34. The molecular formula is C8H18ClNO2S. The zero-order chi connectivity index (χ0) is 10.3. The molecule has 0 spiro atoms. The van der Waals surface area contributed by atoms with E-state index in [-0.39, 0.29) is 17.5 Å². The van der Waals surface area contributed by atoms with Gasteiger partial charge in [-0.1, -0.05) is 13.8 Å². The molecule has 0 saturated heterocycles. The van der Waals surface area contributed by atoms with Crippen molar-refractivity contribution in [2.24, 2.45) is 0 Å². The van der Waals surface area contributed by atoms with Gasteiger partial charge in [0.1, 0.15) is 0 Å². The van der Waals surface area contributed by atoms with Gasteiger partial charge in [-0.25, -0.2) is 8.42 Å². The summed E-state index contributed by atoms with van der Waals surface area (Å²) in [5.41, 5.74) is 0. The third-order valence-corrected chi connectivity index (χ3v) is 4.04. The molecule has 0 fully saturated rings. The predicted octanol–water partition coefficient (Wildman–Crippen LogP) is 1.03. The smallest absolute Gasteiger partial charge is 0.151 e. The summed E-state index contributed by atoms with van der Waals surface area (Å²) < 4.78 is 22.2. The summed E-state index contributed by atoms with van der Waals surface area (Å²) in [6, 6.07) is 0.230. The summed E-state index contributed by atoms with van der Waals surface area (Å²) in [5, 5.41) is 3.10. The van der Waals surface area contributed by atoms with Crippen molar-refractivity contribution < 1.29 is 8.42 Å². The molecule has 0 rings (SSSR count). The van der Waals surface area contributed by atoms with Crippen LogP contribution in [0.4, 0.5) is 0 Å². The van der Waals surface area contributed by atoms with Gasteiger partial charge in [0.25, 0.3) is 0 Å². The van der Waals surface area contributed by atoms with Crippen molar-refractivity contribution in [2.75, 3.05) is 23.9 Å². The largest absolute Gasteiger partial charge is 0.312 e. The topological polar surface area (TPSA) is 46.2 Å². The Bertz CT molecular complexity index is 212. The monoisotopic (exact) mass is 227 g/mol. The van der Waals surface area contributed by atoms with E-state index in [0.717, 1.165) is 6.42 Å². The molecule has 5 heteroatoms.